The summed E-state index contributed by atoms with van der Waals surface area (Å²) in [5, 5.41) is 3.54. The third-order valence-electron chi connectivity index (χ3n) is 6.78. The van der Waals surface area contributed by atoms with E-state index in [1.54, 1.807) is 48.5 Å². The van der Waals surface area contributed by atoms with Crippen LogP contribution in [0.4, 0.5) is 5.69 Å². The van der Waals surface area contributed by atoms with Crippen molar-refractivity contribution >= 4 is 62.3 Å². The van der Waals surface area contributed by atoms with Crippen molar-refractivity contribution in [2.24, 2.45) is 0 Å². The van der Waals surface area contributed by atoms with Gasteiger partial charge in [0.05, 0.1) is 20.6 Å². The van der Waals surface area contributed by atoms with Crippen LogP contribution < -0.4 is 9.62 Å². The van der Waals surface area contributed by atoms with Crippen molar-refractivity contribution in [1.82, 2.24) is 10.2 Å². The molecule has 1 atom stereocenters. The van der Waals surface area contributed by atoms with Crippen molar-refractivity contribution in [1.29, 1.82) is 0 Å². The van der Waals surface area contributed by atoms with E-state index in [0.717, 1.165) is 9.87 Å². The standard InChI is InChI=1S/C33H32Cl3N3O4S/c1-23(2)37-33(41)30(20-24-10-5-3-6-11-24)38(21-25-16-18-26(34)19-17-25)31(40)22-39(29-15-9-14-28(35)32(29)36)44(42,43)27-12-7-4-8-13-27/h3-19,23,30H,20-22H2,1-2H3,(H,37,41)/t30-/m1/s1. The first-order chi connectivity index (χ1) is 21.0. The zero-order chi connectivity index (χ0) is 31.9. The SMILES string of the molecule is CC(C)NC(=O)[C@@H](Cc1ccccc1)N(Cc1ccc(Cl)cc1)C(=O)CN(c1cccc(Cl)c1Cl)S(=O)(=O)c1ccccc1. The van der Waals surface area contributed by atoms with Gasteiger partial charge in [-0.3, -0.25) is 13.9 Å². The Morgan fingerprint density at radius 3 is 2.00 bits per heavy atom. The predicted octanol–water partition coefficient (Wildman–Crippen LogP) is 7.01. The van der Waals surface area contributed by atoms with Crippen LogP contribution in [0.5, 0.6) is 0 Å². The van der Waals surface area contributed by atoms with Gasteiger partial charge < -0.3 is 10.2 Å². The zero-order valence-electron chi connectivity index (χ0n) is 24.2. The van der Waals surface area contributed by atoms with E-state index in [1.807, 2.05) is 44.2 Å². The van der Waals surface area contributed by atoms with E-state index < -0.39 is 28.5 Å². The van der Waals surface area contributed by atoms with Crippen LogP contribution in [0.25, 0.3) is 0 Å². The van der Waals surface area contributed by atoms with Gasteiger partial charge in [0.1, 0.15) is 12.6 Å². The van der Waals surface area contributed by atoms with Crippen LogP contribution in [0.2, 0.25) is 15.1 Å². The van der Waals surface area contributed by atoms with Crippen molar-refractivity contribution in [3.63, 3.8) is 0 Å². The first-order valence-corrected chi connectivity index (χ1v) is 16.4. The van der Waals surface area contributed by atoms with Crippen LogP contribution in [0.15, 0.2) is 108 Å². The maximum absolute atomic E-state index is 14.4. The Balaban J connectivity index is 1.82. The van der Waals surface area contributed by atoms with E-state index in [0.29, 0.717) is 10.6 Å². The molecular formula is C33H32Cl3N3O4S. The lowest BCUT2D eigenvalue weighted by molar-refractivity contribution is -0.140. The summed E-state index contributed by atoms with van der Waals surface area (Å²) in [7, 11) is -4.30. The minimum Gasteiger partial charge on any atom is -0.352 e. The number of nitrogens with zero attached hydrogens (tertiary/aromatic N) is 2. The van der Waals surface area contributed by atoms with Gasteiger partial charge in [0, 0.05) is 24.0 Å². The molecule has 4 rings (SSSR count). The van der Waals surface area contributed by atoms with Crippen molar-refractivity contribution in [2.45, 2.75) is 43.8 Å². The van der Waals surface area contributed by atoms with Crippen LogP contribution in [0.3, 0.4) is 0 Å². The summed E-state index contributed by atoms with van der Waals surface area (Å²) < 4.78 is 29.0. The second-order valence-electron chi connectivity index (χ2n) is 10.4. The van der Waals surface area contributed by atoms with Crippen molar-refractivity contribution in [2.75, 3.05) is 10.8 Å². The quantitative estimate of drug-likeness (QED) is 0.176. The number of nitrogens with one attached hydrogen (secondary N) is 1. The molecule has 0 aliphatic carbocycles. The molecule has 1 N–H and O–H groups in total. The molecule has 2 amide bonds. The second kappa shape index (κ2) is 14.9. The Morgan fingerprint density at radius 2 is 1.39 bits per heavy atom. The molecule has 0 radical (unpaired) electrons. The largest absolute Gasteiger partial charge is 0.352 e. The summed E-state index contributed by atoms with van der Waals surface area (Å²) in [5.41, 5.74) is 1.57. The van der Waals surface area contributed by atoms with Gasteiger partial charge in [-0.15, -0.1) is 0 Å². The number of hydrogen-bond donors (Lipinski definition) is 1. The first-order valence-electron chi connectivity index (χ1n) is 13.9. The molecule has 44 heavy (non-hydrogen) atoms. The van der Waals surface area contributed by atoms with E-state index in [1.165, 1.54) is 29.2 Å². The summed E-state index contributed by atoms with van der Waals surface area (Å²) in [6.45, 7) is 3.03. The topological polar surface area (TPSA) is 86.8 Å². The number of benzene rings is 4. The van der Waals surface area contributed by atoms with E-state index in [4.69, 9.17) is 34.8 Å². The van der Waals surface area contributed by atoms with Crippen LogP contribution >= 0.6 is 34.8 Å². The van der Waals surface area contributed by atoms with Gasteiger partial charge in [0.15, 0.2) is 0 Å². The predicted molar refractivity (Wildman–Crippen MR) is 177 cm³/mol. The fourth-order valence-electron chi connectivity index (χ4n) is 4.64. The summed E-state index contributed by atoms with van der Waals surface area (Å²) in [5.74, 6) is -0.986. The molecule has 0 spiro atoms. The Labute approximate surface area is 273 Å². The number of halogens is 3. The molecule has 0 saturated carbocycles. The normalized spacial score (nSPS) is 12.0. The van der Waals surface area contributed by atoms with Gasteiger partial charge in [0.25, 0.3) is 10.0 Å². The molecule has 230 valence electrons. The minimum atomic E-state index is -4.30. The van der Waals surface area contributed by atoms with E-state index in [2.05, 4.69) is 5.32 Å². The number of sulfonamides is 1. The molecule has 4 aromatic carbocycles. The van der Waals surface area contributed by atoms with Crippen LogP contribution in [-0.2, 0) is 32.6 Å². The lowest BCUT2D eigenvalue weighted by atomic mass is 10.0. The highest BCUT2D eigenvalue weighted by Crippen LogP contribution is 2.35. The molecule has 0 saturated heterocycles. The number of carbonyl (C=O) groups excluding carboxylic acids is 2. The number of carbonyl (C=O) groups is 2. The average molecular weight is 673 g/mol. The van der Waals surface area contributed by atoms with E-state index >= 15 is 0 Å². The zero-order valence-corrected chi connectivity index (χ0v) is 27.2. The molecule has 7 nitrogen and oxygen atoms in total. The summed E-state index contributed by atoms with van der Waals surface area (Å²) in [6.07, 6.45) is 0.197. The fraction of sp³-hybridized carbons (Fsp3) is 0.212. The fourth-order valence-corrected chi connectivity index (χ4v) is 6.66. The highest BCUT2D eigenvalue weighted by molar-refractivity contribution is 7.92. The first kappa shape index (κ1) is 33.3. The van der Waals surface area contributed by atoms with Gasteiger partial charge in [0.2, 0.25) is 11.8 Å². The molecule has 0 aliphatic heterocycles. The third-order valence-corrected chi connectivity index (χ3v) is 9.61. The Kier molecular flexibility index (Phi) is 11.3. The molecule has 0 fully saturated rings. The molecule has 0 bridgehead atoms. The van der Waals surface area contributed by atoms with E-state index in [9.17, 15) is 18.0 Å². The molecular weight excluding hydrogens is 641 g/mol. The highest BCUT2D eigenvalue weighted by Gasteiger charge is 2.35. The molecule has 0 unspecified atom stereocenters. The van der Waals surface area contributed by atoms with Gasteiger partial charge >= 0.3 is 0 Å². The second-order valence-corrected chi connectivity index (χ2v) is 13.5. The smallest absolute Gasteiger partial charge is 0.264 e. The van der Waals surface area contributed by atoms with Gasteiger partial charge in [-0.25, -0.2) is 8.42 Å². The molecule has 4 aromatic rings. The molecule has 0 aliphatic rings. The Morgan fingerprint density at radius 1 is 0.773 bits per heavy atom. The Hall–Kier alpha value is -3.56. The molecule has 0 heterocycles. The number of hydrogen-bond acceptors (Lipinski definition) is 4. The van der Waals surface area contributed by atoms with Crippen LogP contribution in [0.1, 0.15) is 25.0 Å². The lowest BCUT2D eigenvalue weighted by Crippen LogP contribution is -2.54. The maximum Gasteiger partial charge on any atom is 0.264 e. The number of rotatable bonds is 12. The lowest BCUT2D eigenvalue weighted by Gasteiger charge is -2.34. The van der Waals surface area contributed by atoms with Crippen molar-refractivity contribution < 1.29 is 18.0 Å². The summed E-state index contributed by atoms with van der Waals surface area (Å²) in [4.78, 5) is 29.5. The maximum atomic E-state index is 14.4. The molecule has 11 heteroatoms. The van der Waals surface area contributed by atoms with Crippen molar-refractivity contribution in [3.05, 3.63) is 129 Å². The number of anilines is 1. The van der Waals surface area contributed by atoms with Gasteiger partial charge in [-0.2, -0.15) is 0 Å². The third kappa shape index (κ3) is 8.33. The molecule has 0 aromatic heterocycles. The van der Waals surface area contributed by atoms with Gasteiger partial charge in [-0.1, -0.05) is 102 Å². The summed E-state index contributed by atoms with van der Waals surface area (Å²) >= 11 is 18.9. The van der Waals surface area contributed by atoms with Gasteiger partial charge in [-0.05, 0) is 61.4 Å². The Bertz CT molecular complexity index is 1690. The van der Waals surface area contributed by atoms with E-state index in [-0.39, 0.29) is 45.5 Å². The monoisotopic (exact) mass is 671 g/mol. The summed E-state index contributed by atoms with van der Waals surface area (Å²) in [6, 6.07) is 27.4. The van der Waals surface area contributed by atoms with Crippen molar-refractivity contribution in [3.8, 4) is 0 Å². The highest BCUT2D eigenvalue weighted by atomic mass is 35.5. The number of amides is 2. The minimum absolute atomic E-state index is 0.0154. The average Bonchev–Trinajstić information content (AvgIpc) is 3.00. The van der Waals surface area contributed by atoms with Crippen LogP contribution in [0, 0.1) is 0 Å². The van der Waals surface area contributed by atoms with Crippen LogP contribution in [-0.4, -0.2) is 43.8 Å².